The first-order valence-corrected chi connectivity index (χ1v) is 29.5. The van der Waals surface area contributed by atoms with Gasteiger partial charge in [0.1, 0.15) is 0 Å². The van der Waals surface area contributed by atoms with Crippen LogP contribution in [0.3, 0.4) is 0 Å². The average molecular weight is 1320 g/mol. The molecule has 0 spiro atoms. The number of nitrogens with zero attached hydrogens (tertiary/aromatic N) is 2. The number of aliphatic hydroxyl groups excluding tert-OH is 1. The van der Waals surface area contributed by atoms with Gasteiger partial charge in [0.25, 0.3) is 11.8 Å². The molecule has 2 aliphatic rings. The van der Waals surface area contributed by atoms with Gasteiger partial charge in [-0.3, -0.25) is 9.59 Å². The number of rotatable bonds is 26. The minimum Gasteiger partial charge on any atom is -0.475 e. The lowest BCUT2D eigenvalue weighted by Gasteiger charge is -2.33. The normalized spacial score (nSPS) is 16.0. The molecule has 2 aliphatic heterocycles. The van der Waals surface area contributed by atoms with Gasteiger partial charge >= 0.3 is 24.3 Å². The second-order valence-corrected chi connectivity index (χ2v) is 23.6. The number of carboxylic acids is 2. The Kier molecular flexibility index (Phi) is 28.3. The van der Waals surface area contributed by atoms with Crippen molar-refractivity contribution in [1.29, 1.82) is 0 Å². The fraction of sp³-hybridized carbons (Fsp3) is 0.451. The van der Waals surface area contributed by atoms with E-state index in [4.69, 9.17) is 85.2 Å². The number of halogens is 10. The van der Waals surface area contributed by atoms with Gasteiger partial charge in [0.2, 0.25) is 26.2 Å². The second-order valence-electron chi connectivity index (χ2n) is 18.4. The molecule has 466 valence electrons. The molecule has 0 aliphatic carbocycles. The van der Waals surface area contributed by atoms with Crippen molar-refractivity contribution < 1.29 is 96.6 Å². The first kappa shape index (κ1) is 71.5. The lowest BCUT2D eigenvalue weighted by molar-refractivity contribution is -0.193. The molecule has 0 aromatic heterocycles. The van der Waals surface area contributed by atoms with Crippen LogP contribution in [-0.4, -0.2) is 190 Å². The molecule has 0 saturated carbocycles. The van der Waals surface area contributed by atoms with Crippen molar-refractivity contribution >= 4 is 90.2 Å². The zero-order valence-electron chi connectivity index (χ0n) is 44.7. The maximum atomic E-state index is 12.9. The second kappa shape index (κ2) is 33.2. The molecule has 0 radical (unpaired) electrons. The number of aliphatic hydroxyl groups is 1. The summed E-state index contributed by atoms with van der Waals surface area (Å²) in [4.78, 5) is 46.8. The van der Waals surface area contributed by atoms with Crippen LogP contribution in [0.15, 0.2) is 82.6 Å². The topological polar surface area (TPSA) is 289 Å². The van der Waals surface area contributed by atoms with Crippen molar-refractivity contribution in [3.63, 3.8) is 0 Å². The van der Waals surface area contributed by atoms with E-state index in [0.29, 0.717) is 33.2 Å². The number of alkyl halides is 6. The van der Waals surface area contributed by atoms with Crippen LogP contribution in [-0.2, 0) is 71.3 Å². The van der Waals surface area contributed by atoms with E-state index < -0.39 is 62.3 Å². The highest BCUT2D eigenvalue weighted by Gasteiger charge is 2.39. The van der Waals surface area contributed by atoms with Crippen LogP contribution in [0.2, 0.25) is 20.1 Å². The number of amides is 2. The Morgan fingerprint density at radius 2 is 0.845 bits per heavy atom. The van der Waals surface area contributed by atoms with Crippen LogP contribution < -0.4 is 20.1 Å². The summed E-state index contributed by atoms with van der Waals surface area (Å²) in [7, 11) is -3.56. The Morgan fingerprint density at radius 1 is 0.548 bits per heavy atom. The molecule has 4 aromatic rings. The SMILES string of the molecule is CN1Cc2c(Cl)cc(Cl)cc2C(c2ccc(S(=O)(=O)NCCOCCOCCNC(=O)C(O)C(=O)NCCOCCOCCNS(=O)(=O)c3ccc(C4CN(C)Cc5c(Cl)cc(Cl)cc54)cc3)cc2)C1.O=C(O)C(F)(F)F.O=C(O)C(F)(F)F. The summed E-state index contributed by atoms with van der Waals surface area (Å²) < 4.78 is 142. The number of sulfonamides is 2. The number of nitrogens with one attached hydrogen (secondary N) is 4. The Balaban J connectivity index is 0.000000959. The van der Waals surface area contributed by atoms with Crippen LogP contribution >= 0.6 is 46.4 Å². The summed E-state index contributed by atoms with van der Waals surface area (Å²) in [6.45, 7) is 3.95. The van der Waals surface area contributed by atoms with Crippen molar-refractivity contribution in [3.8, 4) is 0 Å². The Bertz CT molecular complexity index is 2880. The number of aliphatic carboxylic acids is 2. The monoisotopic (exact) mass is 1310 g/mol. The molecule has 0 bridgehead atoms. The average Bonchev–Trinajstić information content (AvgIpc) is 2.76. The van der Waals surface area contributed by atoms with Gasteiger partial charge in [-0.25, -0.2) is 35.9 Å². The fourth-order valence-corrected chi connectivity index (χ4v) is 11.3. The summed E-state index contributed by atoms with van der Waals surface area (Å²) >= 11 is 25.6. The van der Waals surface area contributed by atoms with E-state index in [0.717, 1.165) is 46.5 Å². The number of fused-ring (bicyclic) bond motifs is 2. The van der Waals surface area contributed by atoms with Crippen LogP contribution in [0.25, 0.3) is 0 Å². The summed E-state index contributed by atoms with van der Waals surface area (Å²) in [6, 6.07) is 20.8. The summed E-state index contributed by atoms with van der Waals surface area (Å²) in [5.41, 5.74) is 5.98. The molecular weight excluding hydrogens is 1260 g/mol. The van der Waals surface area contributed by atoms with E-state index in [2.05, 4.69) is 29.9 Å². The minimum absolute atomic E-state index is 0.0198. The number of ether oxygens (including phenoxy) is 4. The molecule has 21 nitrogen and oxygen atoms in total. The highest BCUT2D eigenvalue weighted by molar-refractivity contribution is 7.89. The van der Waals surface area contributed by atoms with E-state index in [9.17, 15) is 57.9 Å². The molecule has 2 unspecified atom stereocenters. The quantitative estimate of drug-likeness (QED) is 0.0228. The first-order valence-electron chi connectivity index (χ1n) is 25.0. The zero-order valence-corrected chi connectivity index (χ0v) is 49.4. The van der Waals surface area contributed by atoms with Gasteiger partial charge < -0.3 is 54.7 Å². The highest BCUT2D eigenvalue weighted by atomic mass is 35.5. The third-order valence-corrected chi connectivity index (χ3v) is 16.1. The van der Waals surface area contributed by atoms with E-state index in [1.54, 1.807) is 60.7 Å². The van der Waals surface area contributed by atoms with Gasteiger partial charge in [-0.1, -0.05) is 70.7 Å². The Hall–Kier alpha value is -4.96. The lowest BCUT2D eigenvalue weighted by atomic mass is 9.85. The van der Waals surface area contributed by atoms with Crippen molar-refractivity contribution in [2.45, 2.75) is 53.2 Å². The molecule has 6 rings (SSSR count). The van der Waals surface area contributed by atoms with E-state index >= 15 is 0 Å². The maximum absolute atomic E-state index is 12.9. The number of benzene rings is 4. The fourth-order valence-electron chi connectivity index (χ4n) is 8.13. The van der Waals surface area contributed by atoms with Gasteiger partial charge in [0.15, 0.2) is 0 Å². The molecule has 2 heterocycles. The summed E-state index contributed by atoms with van der Waals surface area (Å²) in [5, 5.41) is 31.5. The van der Waals surface area contributed by atoms with Gasteiger partial charge in [-0.2, -0.15) is 26.3 Å². The number of carbonyl (C=O) groups excluding carboxylic acids is 2. The largest absolute Gasteiger partial charge is 0.490 e. The lowest BCUT2D eigenvalue weighted by Crippen LogP contribution is -2.47. The number of hydrogen-bond donors (Lipinski definition) is 7. The van der Waals surface area contributed by atoms with Crippen LogP contribution in [0.4, 0.5) is 26.3 Å². The molecule has 7 N–H and O–H groups in total. The molecular formula is C51H60Cl4F6N6O15S2. The minimum atomic E-state index is -5.08. The zero-order chi connectivity index (χ0) is 62.6. The summed E-state index contributed by atoms with van der Waals surface area (Å²) in [5.74, 6) is -7.36. The highest BCUT2D eigenvalue weighted by Crippen LogP contribution is 2.40. The van der Waals surface area contributed by atoms with Crippen molar-refractivity contribution in [3.05, 3.63) is 126 Å². The van der Waals surface area contributed by atoms with Gasteiger partial charge in [0.05, 0.1) is 62.6 Å². The molecule has 0 saturated heterocycles. The van der Waals surface area contributed by atoms with Gasteiger partial charge in [0, 0.05) is 84.3 Å². The van der Waals surface area contributed by atoms with Gasteiger partial charge in [-0.05, 0) is 96.0 Å². The van der Waals surface area contributed by atoms with Crippen LogP contribution in [0.5, 0.6) is 0 Å². The molecule has 33 heteroatoms. The van der Waals surface area contributed by atoms with Gasteiger partial charge in [-0.15, -0.1) is 0 Å². The molecule has 84 heavy (non-hydrogen) atoms. The molecule has 4 aromatic carbocycles. The number of carboxylic acid groups (broad SMARTS) is 2. The third-order valence-electron chi connectivity index (χ3n) is 12.1. The molecule has 2 atom stereocenters. The maximum Gasteiger partial charge on any atom is 0.490 e. The smallest absolute Gasteiger partial charge is 0.475 e. The molecule has 2 amide bonds. The van der Waals surface area contributed by atoms with Crippen molar-refractivity contribution in [2.24, 2.45) is 0 Å². The Labute approximate surface area is 499 Å². The van der Waals surface area contributed by atoms with Crippen LogP contribution in [0, 0.1) is 0 Å². The number of hydrogen-bond acceptors (Lipinski definition) is 15. The predicted molar refractivity (Wildman–Crippen MR) is 295 cm³/mol. The summed E-state index contributed by atoms with van der Waals surface area (Å²) in [6.07, 6.45) is -12.1. The van der Waals surface area contributed by atoms with Crippen LogP contribution in [0.1, 0.15) is 45.2 Å². The van der Waals surface area contributed by atoms with Crippen molar-refractivity contribution in [2.75, 3.05) is 106 Å². The number of carbonyl (C=O) groups is 4. The van der Waals surface area contributed by atoms with E-state index in [-0.39, 0.29) is 101 Å². The Morgan fingerprint density at radius 3 is 1.14 bits per heavy atom. The van der Waals surface area contributed by atoms with E-state index in [1.165, 1.54) is 0 Å². The van der Waals surface area contributed by atoms with E-state index in [1.807, 2.05) is 26.2 Å². The van der Waals surface area contributed by atoms with Crippen molar-refractivity contribution in [1.82, 2.24) is 29.9 Å². The predicted octanol–water partition coefficient (Wildman–Crippen LogP) is 5.64. The number of likely N-dealkylation sites (N-methyl/N-ethyl adjacent to an activating group) is 2. The third kappa shape index (κ3) is 23.0. The standard InChI is InChI=1S/C47H58Cl4N6O11S2.2C2HF3O2/c1-56-27-39(37-23-33(48)25-43(50)41(37)29-56)31-3-7-35(8-4-31)69(61,62)54-13-17-67-21-19-65-15-11-52-46(59)45(58)47(60)53-12-16-66-20-22-68-18-14-55-70(63,64)36-9-5-32(6-10-36)40-28-57(2)30-42-38(40)24-34(49)26-44(42)51;2*3-2(4,5)1(6)7/h3-10,23-26,39-40,45,54-55,58H,11-22,27-30H2,1-2H3,(H,52,59)(H,53,60);2*(H,6,7). The first-order chi connectivity index (χ1) is 39.3. The molecule has 0 fully saturated rings.